The fourth-order valence-corrected chi connectivity index (χ4v) is 3.62. The summed E-state index contributed by atoms with van der Waals surface area (Å²) in [6.45, 7) is 3.35. The average Bonchev–Trinajstić information content (AvgIpc) is 2.91. The number of halogens is 2. The molecular weight excluding hydrogens is 425 g/mol. The highest BCUT2D eigenvalue weighted by molar-refractivity contribution is 8.18. The van der Waals surface area contributed by atoms with Gasteiger partial charge in [0.25, 0.3) is 11.1 Å². The van der Waals surface area contributed by atoms with Gasteiger partial charge < -0.3 is 10.6 Å². The first-order chi connectivity index (χ1) is 13.2. The Hall–Kier alpha value is -2.03. The lowest BCUT2D eigenvalue weighted by Gasteiger charge is -2.16. The number of amides is 4. The van der Waals surface area contributed by atoms with E-state index in [0.717, 1.165) is 16.7 Å². The quantitative estimate of drug-likeness (QED) is 0.631. The smallest absolute Gasteiger partial charge is 0.293 e. The van der Waals surface area contributed by atoms with E-state index >= 15 is 0 Å². The largest absolute Gasteiger partial charge is 0.353 e. The Morgan fingerprint density at radius 2 is 2.00 bits per heavy atom. The summed E-state index contributed by atoms with van der Waals surface area (Å²) < 4.78 is 0. The summed E-state index contributed by atoms with van der Waals surface area (Å²) in [6.07, 6.45) is 1.81. The zero-order valence-corrected chi connectivity index (χ0v) is 17.6. The van der Waals surface area contributed by atoms with E-state index in [1.165, 1.54) is 6.08 Å². The van der Waals surface area contributed by atoms with Crippen LogP contribution in [-0.2, 0) is 14.4 Å². The van der Waals surface area contributed by atoms with Crippen LogP contribution in [0.1, 0.15) is 25.8 Å². The molecule has 1 fully saturated rings. The van der Waals surface area contributed by atoms with Crippen LogP contribution < -0.4 is 10.6 Å². The third kappa shape index (κ3) is 5.73. The second kappa shape index (κ2) is 9.95. The Labute approximate surface area is 176 Å². The number of hydrogen-bond acceptors (Lipinski definition) is 5. The molecular formula is C18H19Cl2N3O4S. The molecule has 0 aliphatic carbocycles. The van der Waals surface area contributed by atoms with Gasteiger partial charge >= 0.3 is 0 Å². The molecule has 1 atom stereocenters. The van der Waals surface area contributed by atoms with E-state index < -0.39 is 23.1 Å². The average molecular weight is 444 g/mol. The van der Waals surface area contributed by atoms with Crippen molar-refractivity contribution in [1.82, 2.24) is 15.5 Å². The van der Waals surface area contributed by atoms with Crippen molar-refractivity contribution in [3.05, 3.63) is 38.7 Å². The van der Waals surface area contributed by atoms with Gasteiger partial charge in [0, 0.05) is 29.6 Å². The molecule has 1 unspecified atom stereocenters. The van der Waals surface area contributed by atoms with E-state index in [4.69, 9.17) is 23.2 Å². The maximum atomic E-state index is 12.5. The summed E-state index contributed by atoms with van der Waals surface area (Å²) in [4.78, 5) is 49.1. The van der Waals surface area contributed by atoms with Gasteiger partial charge in [-0.15, -0.1) is 0 Å². The highest BCUT2D eigenvalue weighted by Gasteiger charge is 2.34. The summed E-state index contributed by atoms with van der Waals surface area (Å²) >= 11 is 12.8. The van der Waals surface area contributed by atoms with Crippen LogP contribution in [0.5, 0.6) is 0 Å². The highest BCUT2D eigenvalue weighted by atomic mass is 35.5. The molecule has 2 N–H and O–H groups in total. The van der Waals surface area contributed by atoms with Crippen LogP contribution in [0, 0.1) is 0 Å². The third-order valence-corrected chi connectivity index (χ3v) is 5.32. The van der Waals surface area contributed by atoms with Crippen molar-refractivity contribution >= 4 is 64.0 Å². The molecule has 0 saturated carbocycles. The molecule has 1 heterocycles. The number of hydrogen-bond donors (Lipinski definition) is 2. The first-order valence-electron chi connectivity index (χ1n) is 8.50. The highest BCUT2D eigenvalue weighted by Crippen LogP contribution is 2.33. The minimum Gasteiger partial charge on any atom is -0.353 e. The Balaban J connectivity index is 1.94. The predicted molar refractivity (Wildman–Crippen MR) is 110 cm³/mol. The minimum absolute atomic E-state index is 0.0243. The van der Waals surface area contributed by atoms with Crippen LogP contribution in [0.4, 0.5) is 4.79 Å². The van der Waals surface area contributed by atoms with Crippen molar-refractivity contribution in [3.63, 3.8) is 0 Å². The number of nitrogens with zero attached hydrogens (tertiary/aromatic N) is 1. The molecule has 0 spiro atoms. The fourth-order valence-electron chi connectivity index (χ4n) is 2.31. The normalized spacial score (nSPS) is 16.4. The number of nitrogens with one attached hydrogen (secondary N) is 2. The first-order valence-corrected chi connectivity index (χ1v) is 10.1. The number of carbonyl (C=O) groups is 4. The van der Waals surface area contributed by atoms with Gasteiger partial charge in [0.05, 0.1) is 4.91 Å². The van der Waals surface area contributed by atoms with Crippen molar-refractivity contribution in [3.8, 4) is 0 Å². The summed E-state index contributed by atoms with van der Waals surface area (Å²) in [5.41, 5.74) is 0.574. The Morgan fingerprint density at radius 3 is 2.64 bits per heavy atom. The zero-order chi connectivity index (χ0) is 20.8. The van der Waals surface area contributed by atoms with Gasteiger partial charge in [0.15, 0.2) is 0 Å². The maximum absolute atomic E-state index is 12.5. The number of benzene rings is 1. The van der Waals surface area contributed by atoms with Crippen molar-refractivity contribution in [2.75, 3.05) is 13.1 Å². The molecule has 0 bridgehead atoms. The van der Waals surface area contributed by atoms with Crippen molar-refractivity contribution < 1.29 is 19.2 Å². The van der Waals surface area contributed by atoms with Gasteiger partial charge in [-0.3, -0.25) is 24.1 Å². The number of rotatable bonds is 7. The van der Waals surface area contributed by atoms with E-state index in [-0.39, 0.29) is 30.3 Å². The summed E-state index contributed by atoms with van der Waals surface area (Å²) in [7, 11) is 0. The SMILES string of the molecule is CCC(=O)NC(C)C(=O)NCCN1C(=O)S/C(=C\c2ccc(Cl)cc2Cl)C1=O. The van der Waals surface area contributed by atoms with E-state index in [1.807, 2.05) is 0 Å². The first kappa shape index (κ1) is 22.3. The Morgan fingerprint density at radius 1 is 1.29 bits per heavy atom. The van der Waals surface area contributed by atoms with E-state index in [0.29, 0.717) is 15.6 Å². The monoisotopic (exact) mass is 443 g/mol. The number of carbonyl (C=O) groups excluding carboxylic acids is 4. The zero-order valence-electron chi connectivity index (χ0n) is 15.3. The molecule has 150 valence electrons. The van der Waals surface area contributed by atoms with E-state index in [9.17, 15) is 19.2 Å². The van der Waals surface area contributed by atoms with Gasteiger partial charge in [0.1, 0.15) is 6.04 Å². The molecule has 4 amide bonds. The van der Waals surface area contributed by atoms with Gasteiger partial charge in [0.2, 0.25) is 11.8 Å². The molecule has 1 aliphatic heterocycles. The van der Waals surface area contributed by atoms with E-state index in [1.54, 1.807) is 32.0 Å². The molecule has 1 saturated heterocycles. The lowest BCUT2D eigenvalue weighted by Crippen LogP contribution is -2.46. The van der Waals surface area contributed by atoms with Crippen LogP contribution >= 0.6 is 35.0 Å². The van der Waals surface area contributed by atoms with Gasteiger partial charge in [-0.05, 0) is 42.5 Å². The fraction of sp³-hybridized carbons (Fsp3) is 0.333. The van der Waals surface area contributed by atoms with Crippen molar-refractivity contribution in [2.45, 2.75) is 26.3 Å². The van der Waals surface area contributed by atoms with Crippen LogP contribution in [-0.4, -0.2) is 47.0 Å². The maximum Gasteiger partial charge on any atom is 0.293 e. The second-order valence-corrected chi connectivity index (χ2v) is 7.77. The van der Waals surface area contributed by atoms with Crippen LogP contribution in [0.2, 0.25) is 10.0 Å². The topological polar surface area (TPSA) is 95.6 Å². The van der Waals surface area contributed by atoms with Gasteiger partial charge in [-0.2, -0.15) is 0 Å². The lowest BCUT2D eigenvalue weighted by atomic mass is 10.2. The standard InChI is InChI=1S/C18H19Cl2N3O4S/c1-3-15(24)22-10(2)16(25)21-6-7-23-17(26)14(28-18(23)27)8-11-4-5-12(19)9-13(11)20/h4-5,8-10H,3,6-7H2,1-2H3,(H,21,25)(H,22,24)/b14-8-. The molecule has 10 heteroatoms. The summed E-state index contributed by atoms with van der Waals surface area (Å²) in [6, 6.07) is 4.14. The number of imide groups is 1. The molecule has 2 rings (SSSR count). The third-order valence-electron chi connectivity index (χ3n) is 3.85. The molecule has 7 nitrogen and oxygen atoms in total. The lowest BCUT2D eigenvalue weighted by molar-refractivity contribution is -0.128. The molecule has 0 aromatic heterocycles. The molecule has 1 aliphatic rings. The minimum atomic E-state index is -0.700. The summed E-state index contributed by atoms with van der Waals surface area (Å²) in [5, 5.41) is 5.54. The van der Waals surface area contributed by atoms with Crippen molar-refractivity contribution in [2.24, 2.45) is 0 Å². The predicted octanol–water partition coefficient (Wildman–Crippen LogP) is 3.06. The molecule has 0 radical (unpaired) electrons. The molecule has 1 aromatic carbocycles. The van der Waals surface area contributed by atoms with Gasteiger partial charge in [-0.25, -0.2) is 0 Å². The van der Waals surface area contributed by atoms with Gasteiger partial charge in [-0.1, -0.05) is 36.2 Å². The van der Waals surface area contributed by atoms with Crippen molar-refractivity contribution in [1.29, 1.82) is 0 Å². The Bertz CT molecular complexity index is 844. The number of thioether (sulfide) groups is 1. The van der Waals surface area contributed by atoms with Crippen LogP contribution in [0.15, 0.2) is 23.1 Å². The molecule has 28 heavy (non-hydrogen) atoms. The second-order valence-electron chi connectivity index (χ2n) is 5.93. The Kier molecular flexibility index (Phi) is 7.91. The van der Waals surface area contributed by atoms with Crippen LogP contribution in [0.25, 0.3) is 6.08 Å². The molecule has 1 aromatic rings. The van der Waals surface area contributed by atoms with E-state index in [2.05, 4.69) is 10.6 Å². The van der Waals surface area contributed by atoms with Crippen LogP contribution in [0.3, 0.4) is 0 Å². The summed E-state index contributed by atoms with van der Waals surface area (Å²) in [5.74, 6) is -1.08.